The van der Waals surface area contributed by atoms with Crippen molar-refractivity contribution in [2.24, 2.45) is 0 Å². The lowest BCUT2D eigenvalue weighted by Crippen LogP contribution is -2.07. The van der Waals surface area contributed by atoms with Crippen LogP contribution in [0.25, 0.3) is 0 Å². The summed E-state index contributed by atoms with van der Waals surface area (Å²) in [6.45, 7) is 2.05. The van der Waals surface area contributed by atoms with Gasteiger partial charge in [-0.25, -0.2) is 0 Å². The third kappa shape index (κ3) is 3.43. The summed E-state index contributed by atoms with van der Waals surface area (Å²) in [6.07, 6.45) is 0. The highest BCUT2D eigenvalue weighted by Crippen LogP contribution is 2.26. The van der Waals surface area contributed by atoms with Gasteiger partial charge in [0.25, 0.3) is 10.2 Å². The minimum Gasteiger partial charge on any atom is -0.474 e. The summed E-state index contributed by atoms with van der Waals surface area (Å²) in [5.41, 5.74) is 0.694. The van der Waals surface area contributed by atoms with Gasteiger partial charge in [0.1, 0.15) is 0 Å². The van der Waals surface area contributed by atoms with Crippen LogP contribution in [0, 0.1) is 10.1 Å². The lowest BCUT2D eigenvalue weighted by molar-refractivity contribution is -0.385. The molecule has 0 saturated heterocycles. The van der Waals surface area contributed by atoms with Crippen molar-refractivity contribution < 1.29 is 9.66 Å². The van der Waals surface area contributed by atoms with Crippen molar-refractivity contribution in [3.05, 3.63) is 39.9 Å². The molecule has 0 aromatic heterocycles. The van der Waals surface area contributed by atoms with Crippen LogP contribution in [0.1, 0.15) is 18.4 Å². The fraction of sp³-hybridized carbons (Fsp3) is 0.300. The van der Waals surface area contributed by atoms with Gasteiger partial charge < -0.3 is 4.74 Å². The SMILES string of the molecule is CC(COC(=S)Cl)c1ccccc1[N+](=O)[O-]. The molecule has 6 heteroatoms. The first-order valence-electron chi connectivity index (χ1n) is 4.58. The van der Waals surface area contributed by atoms with Gasteiger partial charge in [0.2, 0.25) is 0 Å². The standard InChI is InChI=1S/C10H10ClNO3S/c1-7(6-15-10(11)16)8-4-2-3-5-9(8)12(13)14/h2-5,7H,6H2,1H3. The minimum absolute atomic E-state index is 0.0783. The van der Waals surface area contributed by atoms with Crippen molar-refractivity contribution in [2.75, 3.05) is 6.61 Å². The van der Waals surface area contributed by atoms with Gasteiger partial charge in [0, 0.05) is 17.5 Å². The number of nitro groups is 1. The van der Waals surface area contributed by atoms with Crippen LogP contribution in [0.2, 0.25) is 0 Å². The molecule has 16 heavy (non-hydrogen) atoms. The molecule has 0 fully saturated rings. The van der Waals surface area contributed by atoms with E-state index in [1.807, 2.05) is 6.92 Å². The first kappa shape index (κ1) is 12.9. The quantitative estimate of drug-likeness (QED) is 0.360. The number of para-hydroxylation sites is 1. The van der Waals surface area contributed by atoms with E-state index in [0.29, 0.717) is 5.56 Å². The molecule has 0 radical (unpaired) electrons. The smallest absolute Gasteiger partial charge is 0.272 e. The van der Waals surface area contributed by atoms with Gasteiger partial charge in [-0.1, -0.05) is 25.1 Å². The maximum Gasteiger partial charge on any atom is 0.272 e. The van der Waals surface area contributed by atoms with Gasteiger partial charge in [-0.15, -0.1) is 0 Å². The highest BCUT2D eigenvalue weighted by atomic mass is 35.5. The molecule has 0 heterocycles. The normalized spacial score (nSPS) is 11.9. The molecule has 1 aromatic rings. The number of hydrogen-bond acceptors (Lipinski definition) is 4. The molecule has 0 bridgehead atoms. The van der Waals surface area contributed by atoms with Crippen molar-refractivity contribution in [3.8, 4) is 0 Å². The molecule has 0 aliphatic carbocycles. The molecule has 1 atom stereocenters. The Morgan fingerprint density at radius 2 is 2.25 bits per heavy atom. The molecule has 0 aliphatic rings. The van der Waals surface area contributed by atoms with E-state index in [4.69, 9.17) is 16.3 Å². The van der Waals surface area contributed by atoms with Crippen molar-refractivity contribution in [1.82, 2.24) is 0 Å². The van der Waals surface area contributed by atoms with Gasteiger partial charge in [-0.2, -0.15) is 0 Å². The average molecular weight is 260 g/mol. The second kappa shape index (κ2) is 5.77. The zero-order chi connectivity index (χ0) is 12.1. The molecule has 0 aliphatic heterocycles. The summed E-state index contributed by atoms with van der Waals surface area (Å²) in [5, 5.41) is 10.8. The summed E-state index contributed by atoms with van der Waals surface area (Å²) >= 11 is 9.94. The topological polar surface area (TPSA) is 52.4 Å². The lowest BCUT2D eigenvalue weighted by Gasteiger charge is -2.11. The summed E-state index contributed by atoms with van der Waals surface area (Å²) in [7, 11) is 0. The Morgan fingerprint density at radius 3 is 2.81 bits per heavy atom. The second-order valence-corrected chi connectivity index (χ2v) is 4.20. The molecule has 4 nitrogen and oxygen atoms in total. The summed E-state index contributed by atoms with van der Waals surface area (Å²) in [6, 6.07) is 6.54. The van der Waals surface area contributed by atoms with Crippen LogP contribution in [0.4, 0.5) is 5.69 Å². The monoisotopic (exact) mass is 259 g/mol. The molecule has 1 unspecified atom stereocenters. The van der Waals surface area contributed by atoms with Gasteiger partial charge in [-0.3, -0.25) is 10.1 Å². The van der Waals surface area contributed by atoms with Gasteiger partial charge in [0.05, 0.1) is 11.5 Å². The van der Waals surface area contributed by atoms with Crippen LogP contribution in [-0.2, 0) is 4.74 Å². The highest BCUT2D eigenvalue weighted by Gasteiger charge is 2.18. The minimum atomic E-state index is -0.412. The van der Waals surface area contributed by atoms with E-state index in [1.165, 1.54) is 6.07 Å². The number of halogens is 1. The molecule has 0 N–H and O–H groups in total. The maximum atomic E-state index is 10.8. The van der Waals surface area contributed by atoms with Crippen LogP contribution in [0.15, 0.2) is 24.3 Å². The molecule has 0 saturated carbocycles. The predicted octanol–water partition coefficient (Wildman–Crippen LogP) is 3.24. The number of hydrogen-bond donors (Lipinski definition) is 0. The van der Waals surface area contributed by atoms with Gasteiger partial charge in [-0.05, 0) is 23.8 Å². The van der Waals surface area contributed by atoms with E-state index < -0.39 is 4.92 Å². The Bertz CT molecular complexity index is 411. The van der Waals surface area contributed by atoms with Crippen molar-refractivity contribution in [1.29, 1.82) is 0 Å². The van der Waals surface area contributed by atoms with Crippen LogP contribution in [0.3, 0.4) is 0 Å². The van der Waals surface area contributed by atoms with Crippen molar-refractivity contribution >= 4 is 34.0 Å². The van der Waals surface area contributed by atoms with E-state index in [1.54, 1.807) is 18.2 Å². The fourth-order valence-electron chi connectivity index (χ4n) is 1.35. The summed E-state index contributed by atoms with van der Waals surface area (Å²) < 4.78 is 4.89. The number of benzene rings is 1. The zero-order valence-electron chi connectivity index (χ0n) is 8.55. The Morgan fingerprint density at radius 1 is 1.62 bits per heavy atom. The number of thiocarbonyl (C=S) groups is 1. The molecular weight excluding hydrogens is 250 g/mol. The van der Waals surface area contributed by atoms with E-state index in [0.717, 1.165) is 0 Å². The highest BCUT2D eigenvalue weighted by molar-refractivity contribution is 7.82. The Balaban J connectivity index is 2.85. The maximum absolute atomic E-state index is 10.8. The lowest BCUT2D eigenvalue weighted by atomic mass is 10.0. The second-order valence-electron chi connectivity index (χ2n) is 3.27. The van der Waals surface area contributed by atoms with Crippen LogP contribution < -0.4 is 0 Å². The Hall–Kier alpha value is -1.20. The Labute approximate surface area is 103 Å². The van der Waals surface area contributed by atoms with E-state index in [9.17, 15) is 10.1 Å². The molecule has 1 aromatic carbocycles. The summed E-state index contributed by atoms with van der Waals surface area (Å²) in [5.74, 6) is -0.140. The number of nitro benzene ring substituents is 1. The van der Waals surface area contributed by atoms with Crippen LogP contribution in [-0.4, -0.2) is 16.0 Å². The molecule has 0 amide bonds. The number of nitrogens with zero attached hydrogens (tertiary/aromatic N) is 1. The molecule has 0 spiro atoms. The average Bonchev–Trinajstić information content (AvgIpc) is 2.25. The number of ether oxygens (including phenoxy) is 1. The van der Waals surface area contributed by atoms with Gasteiger partial charge >= 0.3 is 0 Å². The Kier molecular flexibility index (Phi) is 4.64. The van der Waals surface area contributed by atoms with E-state index in [2.05, 4.69) is 12.2 Å². The van der Waals surface area contributed by atoms with Crippen molar-refractivity contribution in [2.45, 2.75) is 12.8 Å². The predicted molar refractivity (Wildman–Crippen MR) is 65.9 cm³/mol. The van der Waals surface area contributed by atoms with Gasteiger partial charge in [0.15, 0.2) is 0 Å². The molecular formula is C10H10ClNO3S. The molecule has 86 valence electrons. The van der Waals surface area contributed by atoms with Crippen LogP contribution >= 0.6 is 23.8 Å². The first-order chi connectivity index (χ1) is 7.52. The summed E-state index contributed by atoms with van der Waals surface area (Å²) in [4.78, 5) is 10.4. The number of rotatable bonds is 4. The molecule has 1 rings (SSSR count). The van der Waals surface area contributed by atoms with E-state index in [-0.39, 0.29) is 22.7 Å². The first-order valence-corrected chi connectivity index (χ1v) is 5.36. The van der Waals surface area contributed by atoms with Crippen LogP contribution in [0.5, 0.6) is 0 Å². The van der Waals surface area contributed by atoms with Crippen molar-refractivity contribution in [3.63, 3.8) is 0 Å². The largest absolute Gasteiger partial charge is 0.474 e. The third-order valence-electron chi connectivity index (χ3n) is 2.11. The van der Waals surface area contributed by atoms with E-state index >= 15 is 0 Å². The zero-order valence-corrected chi connectivity index (χ0v) is 10.1. The third-order valence-corrected chi connectivity index (χ3v) is 2.34. The fourth-order valence-corrected chi connectivity index (χ4v) is 1.48.